The molecule has 26 heavy (non-hydrogen) atoms. The van der Waals surface area contributed by atoms with Crippen LogP contribution in [0, 0.1) is 19.7 Å². The average molecular weight is 360 g/mol. The van der Waals surface area contributed by atoms with Crippen molar-refractivity contribution in [2.75, 3.05) is 31.8 Å². The smallest absolute Gasteiger partial charge is 0.265 e. The number of anilines is 1. The van der Waals surface area contributed by atoms with E-state index in [9.17, 15) is 14.0 Å². The van der Waals surface area contributed by atoms with E-state index in [-0.39, 0.29) is 30.5 Å². The van der Waals surface area contributed by atoms with Gasteiger partial charge in [-0.25, -0.2) is 4.39 Å². The van der Waals surface area contributed by atoms with Crippen LogP contribution in [-0.4, -0.2) is 43.1 Å². The first kappa shape index (κ1) is 18.1. The monoisotopic (exact) mass is 360 g/mol. The molecule has 1 amide bonds. The summed E-state index contributed by atoms with van der Waals surface area (Å²) in [6.45, 7) is 4.64. The number of halogens is 1. The third-order valence-electron chi connectivity index (χ3n) is 4.56. The molecule has 1 aliphatic rings. The van der Waals surface area contributed by atoms with E-state index in [1.807, 2.05) is 24.5 Å². The highest BCUT2D eigenvalue weighted by Crippen LogP contribution is 2.32. The number of aryl methyl sites for hydroxylation is 1. The van der Waals surface area contributed by atoms with Gasteiger partial charge in [-0.3, -0.25) is 14.5 Å². The van der Waals surface area contributed by atoms with Gasteiger partial charge in [0.1, 0.15) is 11.6 Å². The number of rotatable bonds is 6. The van der Waals surface area contributed by atoms with Gasteiger partial charge in [0.2, 0.25) is 0 Å². The van der Waals surface area contributed by atoms with Crippen molar-refractivity contribution >= 4 is 17.4 Å². The van der Waals surface area contributed by atoms with Gasteiger partial charge in [0, 0.05) is 36.7 Å². The van der Waals surface area contributed by atoms with Gasteiger partial charge >= 0.3 is 0 Å². The van der Waals surface area contributed by atoms with E-state index < -0.39 is 5.82 Å². The molecule has 0 radical (unpaired) electrons. The number of fused-ring (bicyclic) bond motifs is 1. The molecule has 0 bridgehead atoms. The number of carbonyl (C=O) groups excluding carboxylic acids is 2. The minimum atomic E-state index is -0.489. The number of amides is 1. The van der Waals surface area contributed by atoms with Crippen molar-refractivity contribution in [3.05, 3.63) is 47.0 Å². The molecular formula is C19H21FN2O4. The van der Waals surface area contributed by atoms with E-state index in [4.69, 9.17) is 9.47 Å². The van der Waals surface area contributed by atoms with Crippen LogP contribution in [-0.2, 0) is 16.1 Å². The van der Waals surface area contributed by atoms with E-state index in [1.54, 1.807) is 7.11 Å². The number of carbonyl (C=O) groups is 2. The molecule has 1 aromatic heterocycles. The Hall–Kier alpha value is -2.67. The number of hydrogen-bond donors (Lipinski definition) is 0. The Labute approximate surface area is 151 Å². The topological polar surface area (TPSA) is 60.8 Å². The molecule has 138 valence electrons. The van der Waals surface area contributed by atoms with E-state index in [1.165, 1.54) is 23.1 Å². The number of ether oxygens (including phenoxy) is 2. The van der Waals surface area contributed by atoms with Crippen LogP contribution in [0.5, 0.6) is 5.75 Å². The van der Waals surface area contributed by atoms with Gasteiger partial charge in [-0.15, -0.1) is 0 Å². The summed E-state index contributed by atoms with van der Waals surface area (Å²) in [7, 11) is 1.63. The summed E-state index contributed by atoms with van der Waals surface area (Å²) in [4.78, 5) is 26.4. The number of hydrogen-bond acceptors (Lipinski definition) is 4. The van der Waals surface area contributed by atoms with Gasteiger partial charge < -0.3 is 14.0 Å². The lowest BCUT2D eigenvalue weighted by molar-refractivity contribution is -0.121. The molecule has 0 saturated heterocycles. The van der Waals surface area contributed by atoms with Gasteiger partial charge in [-0.2, -0.15) is 0 Å². The van der Waals surface area contributed by atoms with Crippen molar-refractivity contribution in [1.29, 1.82) is 0 Å². The van der Waals surface area contributed by atoms with E-state index >= 15 is 0 Å². The van der Waals surface area contributed by atoms with E-state index in [0.29, 0.717) is 24.5 Å². The molecular weight excluding hydrogens is 339 g/mol. The third-order valence-corrected chi connectivity index (χ3v) is 4.56. The largest absolute Gasteiger partial charge is 0.482 e. The minimum Gasteiger partial charge on any atom is -0.482 e. The lowest BCUT2D eigenvalue weighted by Crippen LogP contribution is -2.42. The fourth-order valence-corrected chi connectivity index (χ4v) is 3.19. The van der Waals surface area contributed by atoms with Crippen molar-refractivity contribution < 1.29 is 23.5 Å². The van der Waals surface area contributed by atoms with Gasteiger partial charge in [0.15, 0.2) is 12.4 Å². The fraction of sp³-hybridized carbons (Fsp3) is 0.368. The fourth-order valence-electron chi connectivity index (χ4n) is 3.19. The standard InChI is InChI=1S/C19H21FN2O4/c1-12-8-15(13(2)21(12)6-7-25-3)17(23)10-22-16-9-14(20)4-5-18(16)26-11-19(22)24/h4-5,8-9H,6-7,10-11H2,1-3H3. The molecule has 0 N–H and O–H groups in total. The van der Waals surface area contributed by atoms with Gasteiger partial charge in [0.25, 0.3) is 5.91 Å². The van der Waals surface area contributed by atoms with Crippen LogP contribution in [0.15, 0.2) is 24.3 Å². The molecule has 1 aliphatic heterocycles. The molecule has 0 saturated carbocycles. The normalized spacial score (nSPS) is 13.5. The maximum atomic E-state index is 13.6. The molecule has 0 fully saturated rings. The summed E-state index contributed by atoms with van der Waals surface area (Å²) in [6.07, 6.45) is 0. The maximum Gasteiger partial charge on any atom is 0.265 e. The molecule has 2 aromatic rings. The van der Waals surface area contributed by atoms with Crippen LogP contribution >= 0.6 is 0 Å². The van der Waals surface area contributed by atoms with Crippen LogP contribution in [0.3, 0.4) is 0 Å². The number of ketones is 1. The van der Waals surface area contributed by atoms with Crippen LogP contribution in [0.4, 0.5) is 10.1 Å². The summed E-state index contributed by atoms with van der Waals surface area (Å²) in [5.41, 5.74) is 2.60. The summed E-state index contributed by atoms with van der Waals surface area (Å²) >= 11 is 0. The molecule has 1 aromatic carbocycles. The van der Waals surface area contributed by atoms with Crippen LogP contribution in [0.2, 0.25) is 0 Å². The van der Waals surface area contributed by atoms with Crippen molar-refractivity contribution in [3.8, 4) is 5.75 Å². The Morgan fingerprint density at radius 3 is 2.81 bits per heavy atom. The zero-order chi connectivity index (χ0) is 18.8. The van der Waals surface area contributed by atoms with Crippen LogP contribution < -0.4 is 9.64 Å². The average Bonchev–Trinajstić information content (AvgIpc) is 2.90. The second kappa shape index (κ2) is 7.29. The second-order valence-electron chi connectivity index (χ2n) is 6.23. The molecule has 0 atom stereocenters. The predicted molar refractivity (Wildman–Crippen MR) is 94.4 cm³/mol. The van der Waals surface area contributed by atoms with Crippen molar-refractivity contribution in [3.63, 3.8) is 0 Å². The predicted octanol–water partition coefficient (Wildman–Crippen LogP) is 2.50. The highest BCUT2D eigenvalue weighted by Gasteiger charge is 2.29. The Morgan fingerprint density at radius 2 is 2.08 bits per heavy atom. The number of Topliss-reactive ketones (excluding diaryl/α,β-unsaturated/α-hetero) is 1. The number of methoxy groups -OCH3 is 1. The molecule has 6 nitrogen and oxygen atoms in total. The van der Waals surface area contributed by atoms with Gasteiger partial charge in [0.05, 0.1) is 18.8 Å². The lowest BCUT2D eigenvalue weighted by Gasteiger charge is -2.28. The maximum absolute atomic E-state index is 13.6. The molecule has 2 heterocycles. The highest BCUT2D eigenvalue weighted by atomic mass is 19.1. The number of nitrogens with zero attached hydrogens (tertiary/aromatic N) is 2. The molecule has 3 rings (SSSR count). The minimum absolute atomic E-state index is 0.160. The Morgan fingerprint density at radius 1 is 1.31 bits per heavy atom. The molecule has 0 spiro atoms. The van der Waals surface area contributed by atoms with Gasteiger partial charge in [-0.1, -0.05) is 0 Å². The van der Waals surface area contributed by atoms with Crippen molar-refractivity contribution in [2.24, 2.45) is 0 Å². The number of aromatic nitrogens is 1. The van der Waals surface area contributed by atoms with E-state index in [2.05, 4.69) is 0 Å². The first-order valence-corrected chi connectivity index (χ1v) is 8.34. The molecule has 0 unspecified atom stereocenters. The summed E-state index contributed by atoms with van der Waals surface area (Å²) in [5.74, 6) is -0.668. The van der Waals surface area contributed by atoms with Crippen LogP contribution in [0.25, 0.3) is 0 Å². The van der Waals surface area contributed by atoms with E-state index in [0.717, 1.165) is 11.4 Å². The quantitative estimate of drug-likeness (QED) is 0.743. The summed E-state index contributed by atoms with van der Waals surface area (Å²) < 4.78 is 26.0. The molecule has 0 aliphatic carbocycles. The SMILES string of the molecule is COCCn1c(C)cc(C(=O)CN2C(=O)COc3ccc(F)cc32)c1C. The number of benzene rings is 1. The van der Waals surface area contributed by atoms with Crippen molar-refractivity contribution in [2.45, 2.75) is 20.4 Å². The zero-order valence-corrected chi connectivity index (χ0v) is 15.0. The Balaban J connectivity index is 1.87. The summed E-state index contributed by atoms with van der Waals surface area (Å²) in [5, 5.41) is 0. The second-order valence-corrected chi connectivity index (χ2v) is 6.23. The van der Waals surface area contributed by atoms with Crippen molar-refractivity contribution in [1.82, 2.24) is 4.57 Å². The van der Waals surface area contributed by atoms with Gasteiger partial charge in [-0.05, 0) is 32.0 Å². The molecule has 7 heteroatoms. The first-order valence-electron chi connectivity index (χ1n) is 8.34. The third kappa shape index (κ3) is 3.35. The summed E-state index contributed by atoms with van der Waals surface area (Å²) in [6, 6.07) is 5.75. The highest BCUT2D eigenvalue weighted by molar-refractivity contribution is 6.07. The first-order chi connectivity index (χ1) is 12.4. The lowest BCUT2D eigenvalue weighted by atomic mass is 10.1. The zero-order valence-electron chi connectivity index (χ0n) is 15.0. The Kier molecular flexibility index (Phi) is 5.08. The van der Waals surface area contributed by atoms with Crippen LogP contribution in [0.1, 0.15) is 21.7 Å². The Bertz CT molecular complexity index is 859.